The number of halogens is 2. The van der Waals surface area contributed by atoms with E-state index in [1.807, 2.05) is 0 Å². The standard InChI is InChI=1S/C13H13ClFN3O2S/c1-17-21(19,20)13-6-8(16)2-5-12(13)18-9-3-4-11(15)10(14)7-9/h2-7,17-18H,16H2,1H3. The van der Waals surface area contributed by atoms with Crippen LogP contribution in [0, 0.1) is 5.82 Å². The maximum atomic E-state index is 13.1. The highest BCUT2D eigenvalue weighted by atomic mass is 35.5. The molecule has 0 amide bonds. The highest BCUT2D eigenvalue weighted by Crippen LogP contribution is 2.28. The van der Waals surface area contributed by atoms with Gasteiger partial charge in [0.05, 0.1) is 10.7 Å². The van der Waals surface area contributed by atoms with Gasteiger partial charge in [-0.15, -0.1) is 0 Å². The molecule has 0 aromatic heterocycles. The van der Waals surface area contributed by atoms with Crippen LogP contribution in [0.3, 0.4) is 0 Å². The van der Waals surface area contributed by atoms with Gasteiger partial charge in [-0.2, -0.15) is 0 Å². The maximum Gasteiger partial charge on any atom is 0.242 e. The molecule has 112 valence electrons. The Morgan fingerprint density at radius 3 is 2.52 bits per heavy atom. The van der Waals surface area contributed by atoms with Crippen LogP contribution in [0.25, 0.3) is 0 Å². The summed E-state index contributed by atoms with van der Waals surface area (Å²) in [4.78, 5) is -0.00884. The van der Waals surface area contributed by atoms with Gasteiger partial charge in [0.25, 0.3) is 0 Å². The molecule has 0 heterocycles. The summed E-state index contributed by atoms with van der Waals surface area (Å²) in [6.45, 7) is 0. The van der Waals surface area contributed by atoms with Crippen molar-refractivity contribution in [2.75, 3.05) is 18.1 Å². The van der Waals surface area contributed by atoms with E-state index in [1.165, 1.54) is 37.4 Å². The van der Waals surface area contributed by atoms with E-state index < -0.39 is 15.8 Å². The van der Waals surface area contributed by atoms with E-state index in [0.29, 0.717) is 17.1 Å². The quantitative estimate of drug-likeness (QED) is 0.753. The first-order valence-corrected chi connectivity index (χ1v) is 7.75. The first-order valence-electron chi connectivity index (χ1n) is 5.88. The summed E-state index contributed by atoms with van der Waals surface area (Å²) >= 11 is 5.70. The largest absolute Gasteiger partial charge is 0.399 e. The van der Waals surface area contributed by atoms with Gasteiger partial charge in [0.1, 0.15) is 10.7 Å². The summed E-state index contributed by atoms with van der Waals surface area (Å²) in [5, 5.41) is 2.82. The number of anilines is 3. The summed E-state index contributed by atoms with van der Waals surface area (Å²) in [5.41, 5.74) is 6.70. The molecule has 0 saturated heterocycles. The Morgan fingerprint density at radius 1 is 1.19 bits per heavy atom. The first-order chi connectivity index (χ1) is 9.83. The zero-order valence-corrected chi connectivity index (χ0v) is 12.6. The molecule has 0 fully saturated rings. The minimum Gasteiger partial charge on any atom is -0.399 e. The van der Waals surface area contributed by atoms with Gasteiger partial charge in [0.2, 0.25) is 10.0 Å². The minimum absolute atomic E-state index is 0.00884. The van der Waals surface area contributed by atoms with Crippen molar-refractivity contribution in [1.82, 2.24) is 4.72 Å². The molecule has 0 saturated carbocycles. The van der Waals surface area contributed by atoms with Crippen LogP contribution in [0.2, 0.25) is 5.02 Å². The molecule has 0 aliphatic rings. The van der Waals surface area contributed by atoms with Crippen LogP contribution in [0.5, 0.6) is 0 Å². The molecule has 4 N–H and O–H groups in total. The third-order valence-electron chi connectivity index (χ3n) is 2.76. The van der Waals surface area contributed by atoms with Crippen molar-refractivity contribution >= 4 is 38.7 Å². The normalized spacial score (nSPS) is 11.4. The molecule has 5 nitrogen and oxygen atoms in total. The molecular formula is C13H13ClFN3O2S. The van der Waals surface area contributed by atoms with E-state index in [-0.39, 0.29) is 9.92 Å². The Balaban J connectivity index is 2.47. The second-order valence-corrected chi connectivity index (χ2v) is 6.48. The third-order valence-corrected chi connectivity index (χ3v) is 4.51. The first kappa shape index (κ1) is 15.6. The van der Waals surface area contributed by atoms with Crippen molar-refractivity contribution in [1.29, 1.82) is 0 Å². The van der Waals surface area contributed by atoms with Gasteiger partial charge in [-0.1, -0.05) is 11.6 Å². The van der Waals surface area contributed by atoms with Crippen LogP contribution >= 0.6 is 11.6 Å². The Hall–Kier alpha value is -1.83. The fourth-order valence-electron chi connectivity index (χ4n) is 1.70. The van der Waals surface area contributed by atoms with Crippen molar-refractivity contribution in [2.24, 2.45) is 0 Å². The molecule has 21 heavy (non-hydrogen) atoms. The topological polar surface area (TPSA) is 84.2 Å². The van der Waals surface area contributed by atoms with Crippen molar-refractivity contribution in [3.05, 3.63) is 47.2 Å². The lowest BCUT2D eigenvalue weighted by Gasteiger charge is -2.13. The highest BCUT2D eigenvalue weighted by molar-refractivity contribution is 7.89. The molecular weight excluding hydrogens is 317 g/mol. The van der Waals surface area contributed by atoms with Crippen LogP contribution in [-0.2, 0) is 10.0 Å². The second kappa shape index (κ2) is 5.88. The fraction of sp³-hybridized carbons (Fsp3) is 0.0769. The molecule has 2 aromatic rings. The Morgan fingerprint density at radius 2 is 1.90 bits per heavy atom. The molecule has 2 aromatic carbocycles. The molecule has 0 unspecified atom stereocenters. The zero-order chi connectivity index (χ0) is 15.6. The predicted molar refractivity (Wildman–Crippen MR) is 81.8 cm³/mol. The van der Waals surface area contributed by atoms with E-state index >= 15 is 0 Å². The second-order valence-electron chi connectivity index (χ2n) is 4.22. The van der Waals surface area contributed by atoms with Crippen molar-refractivity contribution < 1.29 is 12.8 Å². The number of nitrogens with one attached hydrogen (secondary N) is 2. The van der Waals surface area contributed by atoms with Crippen molar-refractivity contribution in [3.63, 3.8) is 0 Å². The molecule has 0 aliphatic heterocycles. The van der Waals surface area contributed by atoms with Gasteiger partial charge < -0.3 is 11.1 Å². The Bertz CT molecular complexity index is 781. The highest BCUT2D eigenvalue weighted by Gasteiger charge is 2.17. The van der Waals surface area contributed by atoms with E-state index in [1.54, 1.807) is 6.07 Å². The van der Waals surface area contributed by atoms with Gasteiger partial charge in [0.15, 0.2) is 0 Å². The minimum atomic E-state index is -3.69. The summed E-state index contributed by atoms with van der Waals surface area (Å²) < 4.78 is 39.3. The number of rotatable bonds is 4. The molecule has 8 heteroatoms. The molecule has 0 spiro atoms. The maximum absolute atomic E-state index is 13.1. The average molecular weight is 330 g/mol. The van der Waals surface area contributed by atoms with Crippen molar-refractivity contribution in [2.45, 2.75) is 4.90 Å². The van der Waals surface area contributed by atoms with Gasteiger partial charge >= 0.3 is 0 Å². The van der Waals surface area contributed by atoms with Crippen LogP contribution < -0.4 is 15.8 Å². The fourth-order valence-corrected chi connectivity index (χ4v) is 2.80. The Kier molecular flexibility index (Phi) is 4.36. The Labute approximate surface area is 127 Å². The van der Waals surface area contributed by atoms with Gasteiger partial charge in [-0.05, 0) is 43.4 Å². The molecule has 2 rings (SSSR count). The summed E-state index contributed by atoms with van der Waals surface area (Å²) in [6.07, 6.45) is 0. The number of hydrogen-bond acceptors (Lipinski definition) is 4. The van der Waals surface area contributed by atoms with Crippen LogP contribution in [-0.4, -0.2) is 15.5 Å². The lowest BCUT2D eigenvalue weighted by Crippen LogP contribution is -2.20. The zero-order valence-electron chi connectivity index (χ0n) is 11.0. The number of benzene rings is 2. The number of nitrogens with two attached hydrogens (primary N) is 1. The van der Waals surface area contributed by atoms with E-state index in [9.17, 15) is 12.8 Å². The van der Waals surface area contributed by atoms with Gasteiger partial charge in [0, 0.05) is 11.4 Å². The van der Waals surface area contributed by atoms with Gasteiger partial charge in [-0.3, -0.25) is 0 Å². The van der Waals surface area contributed by atoms with E-state index in [4.69, 9.17) is 17.3 Å². The molecule has 0 bridgehead atoms. The predicted octanol–water partition coefficient (Wildman–Crippen LogP) is 2.71. The lowest BCUT2D eigenvalue weighted by atomic mass is 10.2. The molecule has 0 radical (unpaired) electrons. The molecule has 0 aliphatic carbocycles. The average Bonchev–Trinajstić information content (AvgIpc) is 2.44. The number of nitrogen functional groups attached to an aromatic ring is 1. The monoisotopic (exact) mass is 329 g/mol. The van der Waals surface area contributed by atoms with Crippen LogP contribution in [0.15, 0.2) is 41.3 Å². The summed E-state index contributed by atoms with van der Waals surface area (Å²) in [7, 11) is -2.39. The van der Waals surface area contributed by atoms with Crippen LogP contribution in [0.1, 0.15) is 0 Å². The van der Waals surface area contributed by atoms with Crippen LogP contribution in [0.4, 0.5) is 21.5 Å². The van der Waals surface area contributed by atoms with E-state index in [2.05, 4.69) is 10.0 Å². The van der Waals surface area contributed by atoms with E-state index in [0.717, 1.165) is 0 Å². The SMILES string of the molecule is CNS(=O)(=O)c1cc(N)ccc1Nc1ccc(F)c(Cl)c1. The smallest absolute Gasteiger partial charge is 0.242 e. The number of hydrogen-bond donors (Lipinski definition) is 3. The van der Waals surface area contributed by atoms with Gasteiger partial charge in [-0.25, -0.2) is 17.5 Å². The van der Waals surface area contributed by atoms with Crippen molar-refractivity contribution in [3.8, 4) is 0 Å². The third kappa shape index (κ3) is 3.44. The summed E-state index contributed by atoms with van der Waals surface area (Å²) in [6, 6.07) is 8.42. The lowest BCUT2D eigenvalue weighted by molar-refractivity contribution is 0.588. The number of sulfonamides is 1. The summed E-state index contributed by atoms with van der Waals surface area (Å²) in [5.74, 6) is -0.553. The molecule has 0 atom stereocenters.